The van der Waals surface area contributed by atoms with Gasteiger partial charge >= 0.3 is 5.97 Å². The minimum Gasteiger partial charge on any atom is -0.494 e. The summed E-state index contributed by atoms with van der Waals surface area (Å²) in [6.07, 6.45) is 0. The Morgan fingerprint density at radius 1 is 1.12 bits per heavy atom. The van der Waals surface area contributed by atoms with Gasteiger partial charge in [0.1, 0.15) is 18.9 Å². The number of benzene rings is 2. The third-order valence-corrected chi connectivity index (χ3v) is 3.44. The quantitative estimate of drug-likeness (QED) is 0.732. The topological polar surface area (TPSA) is 73.9 Å². The highest BCUT2D eigenvalue weighted by molar-refractivity contribution is 5.96. The van der Waals surface area contributed by atoms with Gasteiger partial charge in [0.2, 0.25) is 0 Å². The Morgan fingerprint density at radius 2 is 1.85 bits per heavy atom. The molecule has 0 atom stereocenters. The van der Waals surface area contributed by atoms with Crippen LogP contribution in [0.1, 0.15) is 22.8 Å². The summed E-state index contributed by atoms with van der Waals surface area (Å²) in [5.74, 6) is -0.788. The molecule has 0 saturated carbocycles. The zero-order chi connectivity index (χ0) is 18.9. The molecular weight excluding hydrogens is 341 g/mol. The Bertz CT molecular complexity index is 761. The van der Waals surface area contributed by atoms with Gasteiger partial charge in [0.25, 0.3) is 5.91 Å². The lowest BCUT2D eigenvalue weighted by Crippen LogP contribution is -2.30. The average molecular weight is 361 g/mol. The second kappa shape index (κ2) is 9.41. The van der Waals surface area contributed by atoms with E-state index in [9.17, 15) is 14.0 Å². The van der Waals surface area contributed by atoms with E-state index in [1.807, 2.05) is 6.92 Å². The highest BCUT2D eigenvalue weighted by atomic mass is 19.1. The predicted molar refractivity (Wildman–Crippen MR) is 92.7 cm³/mol. The SMILES string of the molecule is CCOc1ccc(C(=O)NCC(=O)OCc2ccc(OC)c(F)c2)cc1. The molecule has 0 radical (unpaired) electrons. The molecule has 0 aliphatic carbocycles. The van der Waals surface area contributed by atoms with Crippen molar-refractivity contribution in [2.24, 2.45) is 0 Å². The van der Waals surface area contributed by atoms with E-state index in [0.29, 0.717) is 23.5 Å². The molecule has 0 aliphatic rings. The maximum Gasteiger partial charge on any atom is 0.325 e. The Kier molecular flexibility index (Phi) is 6.96. The van der Waals surface area contributed by atoms with Crippen LogP contribution in [0.25, 0.3) is 0 Å². The van der Waals surface area contributed by atoms with Gasteiger partial charge in [-0.2, -0.15) is 0 Å². The standard InChI is InChI=1S/C19H20FNO5/c1-3-25-15-7-5-14(6-8-15)19(23)21-11-18(22)26-12-13-4-9-17(24-2)16(20)10-13/h4-10H,3,11-12H2,1-2H3,(H,21,23). The zero-order valence-electron chi connectivity index (χ0n) is 14.6. The number of esters is 1. The summed E-state index contributed by atoms with van der Waals surface area (Å²) < 4.78 is 28.7. The van der Waals surface area contributed by atoms with Crippen LogP contribution in [0, 0.1) is 5.82 Å². The lowest BCUT2D eigenvalue weighted by Gasteiger charge is -2.08. The number of halogens is 1. The number of hydrogen-bond donors (Lipinski definition) is 1. The van der Waals surface area contributed by atoms with Gasteiger partial charge in [-0.05, 0) is 48.9 Å². The third kappa shape index (κ3) is 5.47. The molecule has 1 N–H and O–H groups in total. The zero-order valence-corrected chi connectivity index (χ0v) is 14.6. The van der Waals surface area contributed by atoms with Gasteiger partial charge in [-0.3, -0.25) is 9.59 Å². The molecule has 2 aromatic carbocycles. The van der Waals surface area contributed by atoms with Crippen molar-refractivity contribution < 1.29 is 28.2 Å². The normalized spacial score (nSPS) is 10.1. The van der Waals surface area contributed by atoms with Crippen LogP contribution in [0.5, 0.6) is 11.5 Å². The number of carbonyl (C=O) groups is 2. The van der Waals surface area contributed by atoms with Crippen molar-refractivity contribution in [2.75, 3.05) is 20.3 Å². The summed E-state index contributed by atoms with van der Waals surface area (Å²) in [7, 11) is 1.37. The second-order valence-corrected chi connectivity index (χ2v) is 5.27. The van der Waals surface area contributed by atoms with E-state index in [4.69, 9.17) is 14.2 Å². The van der Waals surface area contributed by atoms with Gasteiger partial charge in [0, 0.05) is 5.56 Å². The maximum absolute atomic E-state index is 13.6. The van der Waals surface area contributed by atoms with Crippen molar-refractivity contribution in [3.05, 3.63) is 59.4 Å². The highest BCUT2D eigenvalue weighted by Gasteiger charge is 2.10. The first-order chi connectivity index (χ1) is 12.5. The molecule has 1 amide bonds. The summed E-state index contributed by atoms with van der Waals surface area (Å²) in [5.41, 5.74) is 0.882. The maximum atomic E-state index is 13.6. The fourth-order valence-electron chi connectivity index (χ4n) is 2.14. The van der Waals surface area contributed by atoms with E-state index >= 15 is 0 Å². The average Bonchev–Trinajstić information content (AvgIpc) is 2.65. The second-order valence-electron chi connectivity index (χ2n) is 5.27. The highest BCUT2D eigenvalue weighted by Crippen LogP contribution is 2.18. The molecule has 26 heavy (non-hydrogen) atoms. The monoisotopic (exact) mass is 361 g/mol. The Balaban J connectivity index is 1.79. The number of rotatable bonds is 8. The molecule has 0 spiro atoms. The molecular formula is C19H20FNO5. The number of carbonyl (C=O) groups excluding carboxylic acids is 2. The van der Waals surface area contributed by atoms with E-state index in [2.05, 4.69) is 5.32 Å². The molecule has 0 saturated heterocycles. The van der Waals surface area contributed by atoms with Crippen LogP contribution in [-0.2, 0) is 16.1 Å². The van der Waals surface area contributed by atoms with Gasteiger partial charge in [-0.25, -0.2) is 4.39 Å². The van der Waals surface area contributed by atoms with E-state index < -0.39 is 17.7 Å². The summed E-state index contributed by atoms with van der Waals surface area (Å²) >= 11 is 0. The molecule has 6 nitrogen and oxygen atoms in total. The lowest BCUT2D eigenvalue weighted by atomic mass is 10.2. The molecule has 2 rings (SSSR count). The smallest absolute Gasteiger partial charge is 0.325 e. The Hall–Kier alpha value is -3.09. The van der Waals surface area contributed by atoms with Gasteiger partial charge in [-0.1, -0.05) is 6.07 Å². The summed E-state index contributed by atoms with van der Waals surface area (Å²) in [6.45, 7) is 2.02. The number of hydrogen-bond acceptors (Lipinski definition) is 5. The first kappa shape index (κ1) is 19.2. The minimum absolute atomic E-state index is 0.0985. The fourth-order valence-corrected chi connectivity index (χ4v) is 2.14. The van der Waals surface area contributed by atoms with Crippen LogP contribution in [0.2, 0.25) is 0 Å². The van der Waals surface area contributed by atoms with Crippen LogP contribution in [0.3, 0.4) is 0 Å². The van der Waals surface area contributed by atoms with Crippen molar-refractivity contribution in [1.82, 2.24) is 5.32 Å². The van der Waals surface area contributed by atoms with E-state index in [0.717, 1.165) is 0 Å². The van der Waals surface area contributed by atoms with Crippen LogP contribution < -0.4 is 14.8 Å². The minimum atomic E-state index is -0.625. The third-order valence-electron chi connectivity index (χ3n) is 3.44. The molecule has 7 heteroatoms. The Morgan fingerprint density at radius 3 is 2.46 bits per heavy atom. The van der Waals surface area contributed by atoms with Crippen LogP contribution in [-0.4, -0.2) is 32.1 Å². The predicted octanol–water partition coefficient (Wildman–Crippen LogP) is 2.71. The number of amides is 1. The number of nitrogens with one attached hydrogen (secondary N) is 1. The number of ether oxygens (including phenoxy) is 3. The van der Waals surface area contributed by atoms with E-state index in [-0.39, 0.29) is 18.9 Å². The van der Waals surface area contributed by atoms with Crippen LogP contribution in [0.15, 0.2) is 42.5 Å². The van der Waals surface area contributed by atoms with E-state index in [1.165, 1.54) is 19.2 Å². The fraction of sp³-hybridized carbons (Fsp3) is 0.263. The van der Waals surface area contributed by atoms with Crippen molar-refractivity contribution in [3.8, 4) is 11.5 Å². The summed E-state index contributed by atoms with van der Waals surface area (Å²) in [6, 6.07) is 10.8. The molecule has 0 aromatic heterocycles. The Labute approximate surface area is 150 Å². The van der Waals surface area contributed by atoms with Crippen molar-refractivity contribution in [1.29, 1.82) is 0 Å². The largest absolute Gasteiger partial charge is 0.494 e. The molecule has 2 aromatic rings. The molecule has 0 bridgehead atoms. The van der Waals surface area contributed by atoms with Crippen molar-refractivity contribution in [3.63, 3.8) is 0 Å². The molecule has 0 heterocycles. The van der Waals surface area contributed by atoms with Gasteiger partial charge < -0.3 is 19.5 Å². The summed E-state index contributed by atoms with van der Waals surface area (Å²) in [4.78, 5) is 23.7. The lowest BCUT2D eigenvalue weighted by molar-refractivity contribution is -0.143. The molecule has 0 aliphatic heterocycles. The van der Waals surface area contributed by atoms with Crippen molar-refractivity contribution in [2.45, 2.75) is 13.5 Å². The molecule has 138 valence electrons. The molecule has 0 fully saturated rings. The number of methoxy groups -OCH3 is 1. The molecule has 0 unspecified atom stereocenters. The van der Waals surface area contributed by atoms with E-state index in [1.54, 1.807) is 30.3 Å². The van der Waals surface area contributed by atoms with Gasteiger partial charge in [0.15, 0.2) is 11.6 Å². The summed E-state index contributed by atoms with van der Waals surface area (Å²) in [5, 5.41) is 2.47. The van der Waals surface area contributed by atoms with Gasteiger partial charge in [-0.15, -0.1) is 0 Å². The van der Waals surface area contributed by atoms with Gasteiger partial charge in [0.05, 0.1) is 13.7 Å². The van der Waals surface area contributed by atoms with Crippen molar-refractivity contribution >= 4 is 11.9 Å². The van der Waals surface area contributed by atoms with Crippen LogP contribution in [0.4, 0.5) is 4.39 Å². The first-order valence-corrected chi connectivity index (χ1v) is 8.02. The first-order valence-electron chi connectivity index (χ1n) is 8.02. The van der Waals surface area contributed by atoms with Crippen LogP contribution >= 0.6 is 0 Å².